The van der Waals surface area contributed by atoms with Crippen molar-refractivity contribution in [3.63, 3.8) is 0 Å². The number of halogens is 1. The van der Waals surface area contributed by atoms with E-state index in [0.717, 1.165) is 72.5 Å². The standard InChI is InChI=1S/C46H54FN7O4/c1-6-52(7-2)42(32-13-9-8-10-14-32)46(57)54-24-12-16-40(54)43-48-27-37(50-43)31-19-17-30(18-20-31)33-21-22-34(36(47)25-33)38-28-49-44(51-38)39-15-11-23-53(39)45(56)35(29(3)4)26-41(55)58-5/h8-10,13-14,17-22,25,27-29,35,39-40,42H,6-7,11-12,15-16,23-24,26H2,1-5H3,(H,48,50)(H,49,51)/t35-,39-,40-,42+/m0/s1. The molecule has 2 N–H and O–H groups in total. The molecule has 0 saturated carbocycles. The maximum Gasteiger partial charge on any atom is 0.306 e. The van der Waals surface area contributed by atoms with Crippen molar-refractivity contribution in [3.05, 3.63) is 108 Å². The van der Waals surface area contributed by atoms with E-state index in [4.69, 9.17) is 9.72 Å². The molecule has 0 spiro atoms. The molecule has 4 atom stereocenters. The molecule has 4 heterocycles. The number of likely N-dealkylation sites (tertiary alicyclic amines) is 2. The molecule has 2 saturated heterocycles. The van der Waals surface area contributed by atoms with Crippen molar-refractivity contribution in [2.75, 3.05) is 33.3 Å². The highest BCUT2D eigenvalue weighted by Crippen LogP contribution is 2.37. The third-order valence-electron chi connectivity index (χ3n) is 11.9. The second-order valence-corrected chi connectivity index (χ2v) is 15.7. The van der Waals surface area contributed by atoms with Crippen LogP contribution in [0.3, 0.4) is 0 Å². The van der Waals surface area contributed by atoms with Crippen LogP contribution in [-0.4, -0.2) is 85.7 Å². The monoisotopic (exact) mass is 787 g/mol. The van der Waals surface area contributed by atoms with Gasteiger partial charge in [-0.2, -0.15) is 0 Å². The van der Waals surface area contributed by atoms with E-state index in [9.17, 15) is 14.4 Å². The number of amides is 2. The number of ether oxygens (including phenoxy) is 1. The van der Waals surface area contributed by atoms with Gasteiger partial charge < -0.3 is 24.5 Å². The minimum Gasteiger partial charge on any atom is -0.469 e. The maximum absolute atomic E-state index is 15.8. The Bertz CT molecular complexity index is 2200. The van der Waals surface area contributed by atoms with E-state index in [2.05, 4.69) is 33.7 Å². The number of H-pyrrole nitrogens is 2. The van der Waals surface area contributed by atoms with E-state index in [1.807, 2.05) is 85.6 Å². The summed E-state index contributed by atoms with van der Waals surface area (Å²) in [6.07, 6.45) is 6.76. The Morgan fingerprint density at radius 3 is 1.95 bits per heavy atom. The van der Waals surface area contributed by atoms with Crippen LogP contribution in [0, 0.1) is 17.7 Å². The maximum atomic E-state index is 15.8. The number of hydrogen-bond donors (Lipinski definition) is 2. The normalized spacial score (nSPS) is 17.9. The number of aromatic nitrogens is 4. The van der Waals surface area contributed by atoms with Gasteiger partial charge in [-0.3, -0.25) is 19.3 Å². The topological polar surface area (TPSA) is 128 Å². The Balaban J connectivity index is 1.03. The first-order valence-corrected chi connectivity index (χ1v) is 20.6. The van der Waals surface area contributed by atoms with Crippen LogP contribution in [0.25, 0.3) is 33.6 Å². The molecule has 58 heavy (non-hydrogen) atoms. The van der Waals surface area contributed by atoms with Gasteiger partial charge in [-0.25, -0.2) is 14.4 Å². The summed E-state index contributed by atoms with van der Waals surface area (Å²) < 4.78 is 20.6. The van der Waals surface area contributed by atoms with Gasteiger partial charge in [-0.15, -0.1) is 0 Å². The molecule has 5 aromatic rings. The molecule has 2 aliphatic heterocycles. The lowest BCUT2D eigenvalue weighted by Crippen LogP contribution is -2.43. The Morgan fingerprint density at radius 1 is 0.793 bits per heavy atom. The van der Waals surface area contributed by atoms with Crippen molar-refractivity contribution in [1.29, 1.82) is 0 Å². The number of methoxy groups -OCH3 is 1. The number of hydrogen-bond acceptors (Lipinski definition) is 7. The first-order valence-electron chi connectivity index (χ1n) is 20.6. The van der Waals surface area contributed by atoms with Crippen LogP contribution in [0.5, 0.6) is 0 Å². The fraction of sp³-hybridized carbons (Fsp3) is 0.413. The van der Waals surface area contributed by atoms with Gasteiger partial charge in [0.2, 0.25) is 11.8 Å². The van der Waals surface area contributed by atoms with Crippen LogP contribution in [0.15, 0.2) is 85.2 Å². The number of nitrogens with one attached hydrogen (secondary N) is 2. The van der Waals surface area contributed by atoms with Crippen molar-refractivity contribution in [2.24, 2.45) is 11.8 Å². The summed E-state index contributed by atoms with van der Waals surface area (Å²) in [7, 11) is 1.33. The minimum absolute atomic E-state index is 0.0281. The van der Waals surface area contributed by atoms with Crippen molar-refractivity contribution >= 4 is 17.8 Å². The number of likely N-dealkylation sites (N-methyl/N-ethyl adjacent to an activating group) is 1. The van der Waals surface area contributed by atoms with E-state index in [0.29, 0.717) is 30.2 Å². The fourth-order valence-corrected chi connectivity index (χ4v) is 8.66. The second-order valence-electron chi connectivity index (χ2n) is 15.7. The fourth-order valence-electron chi connectivity index (χ4n) is 8.66. The first-order chi connectivity index (χ1) is 28.1. The van der Waals surface area contributed by atoms with Gasteiger partial charge in [0, 0.05) is 18.7 Å². The smallest absolute Gasteiger partial charge is 0.306 e. The highest BCUT2D eigenvalue weighted by Gasteiger charge is 2.39. The van der Waals surface area contributed by atoms with E-state index in [1.54, 1.807) is 17.2 Å². The molecular weight excluding hydrogens is 734 g/mol. The molecule has 0 unspecified atom stereocenters. The van der Waals surface area contributed by atoms with Gasteiger partial charge in [0.1, 0.15) is 23.5 Å². The number of nitrogens with zero attached hydrogens (tertiary/aromatic N) is 5. The predicted octanol–water partition coefficient (Wildman–Crippen LogP) is 8.52. The van der Waals surface area contributed by atoms with Gasteiger partial charge in [-0.05, 0) is 79.1 Å². The summed E-state index contributed by atoms with van der Waals surface area (Å²) in [6, 6.07) is 22.3. The summed E-state index contributed by atoms with van der Waals surface area (Å²) in [6.45, 7) is 10.9. The van der Waals surface area contributed by atoms with E-state index < -0.39 is 17.7 Å². The predicted molar refractivity (Wildman–Crippen MR) is 221 cm³/mol. The van der Waals surface area contributed by atoms with Crippen molar-refractivity contribution in [2.45, 2.75) is 77.9 Å². The summed E-state index contributed by atoms with van der Waals surface area (Å²) in [5.41, 5.74) is 5.31. The second kappa shape index (κ2) is 17.9. The van der Waals surface area contributed by atoms with Gasteiger partial charge in [-0.1, -0.05) is 88.4 Å². The molecular formula is C46H54FN7O4. The zero-order chi connectivity index (χ0) is 40.9. The van der Waals surface area contributed by atoms with Crippen molar-refractivity contribution in [1.82, 2.24) is 34.6 Å². The van der Waals surface area contributed by atoms with Gasteiger partial charge in [0.05, 0.1) is 55.3 Å². The molecule has 7 rings (SSSR count). The number of esters is 1. The van der Waals surface area contributed by atoms with Gasteiger partial charge in [0.25, 0.3) is 0 Å². The van der Waals surface area contributed by atoms with Crippen molar-refractivity contribution in [3.8, 4) is 33.6 Å². The van der Waals surface area contributed by atoms with Crippen LogP contribution in [0.4, 0.5) is 4.39 Å². The molecule has 0 radical (unpaired) electrons. The number of rotatable bonds is 14. The van der Waals surface area contributed by atoms with Crippen molar-refractivity contribution < 1.29 is 23.5 Å². The third kappa shape index (κ3) is 8.34. The van der Waals surface area contributed by atoms with Crippen LogP contribution in [0.2, 0.25) is 0 Å². The van der Waals surface area contributed by atoms with Gasteiger partial charge >= 0.3 is 5.97 Å². The lowest BCUT2D eigenvalue weighted by atomic mass is 9.91. The summed E-state index contributed by atoms with van der Waals surface area (Å²) in [4.78, 5) is 62.0. The molecule has 0 aliphatic carbocycles. The van der Waals surface area contributed by atoms with E-state index in [-0.39, 0.29) is 42.3 Å². The van der Waals surface area contributed by atoms with Crippen LogP contribution < -0.4 is 0 Å². The Labute approximate surface area is 340 Å². The highest BCUT2D eigenvalue weighted by molar-refractivity contribution is 5.85. The van der Waals surface area contributed by atoms with E-state index >= 15 is 4.39 Å². The van der Waals surface area contributed by atoms with E-state index in [1.165, 1.54) is 13.2 Å². The third-order valence-corrected chi connectivity index (χ3v) is 11.9. The lowest BCUT2D eigenvalue weighted by molar-refractivity contribution is -0.148. The number of carbonyl (C=O) groups excluding carboxylic acids is 3. The molecule has 2 fully saturated rings. The number of benzene rings is 3. The lowest BCUT2D eigenvalue weighted by Gasteiger charge is -2.34. The average molecular weight is 788 g/mol. The summed E-state index contributed by atoms with van der Waals surface area (Å²) in [5.74, 6) is 0.0677. The van der Waals surface area contributed by atoms with Crippen LogP contribution >= 0.6 is 0 Å². The first kappa shape index (κ1) is 40.6. The molecule has 0 bridgehead atoms. The largest absolute Gasteiger partial charge is 0.469 e. The quantitative estimate of drug-likeness (QED) is 0.108. The molecule has 2 amide bonds. The summed E-state index contributed by atoms with van der Waals surface area (Å²) >= 11 is 0. The highest BCUT2D eigenvalue weighted by atomic mass is 19.1. The average Bonchev–Trinajstić information content (AvgIpc) is 4.09. The van der Waals surface area contributed by atoms with Crippen LogP contribution in [-0.2, 0) is 19.1 Å². The Hall–Kier alpha value is -5.62. The molecule has 304 valence electrons. The Morgan fingerprint density at radius 2 is 1.36 bits per heavy atom. The molecule has 3 aromatic carbocycles. The molecule has 2 aromatic heterocycles. The number of aromatic amines is 2. The SMILES string of the molecule is CCN(CC)[C@@H](C(=O)N1CCC[C@H]1c1ncc(-c2ccc(-c3ccc(-c4cnc([C@@H]5CCCN5C(=O)[C@@H](CC(=O)OC)C(C)C)[nH]4)c(F)c3)cc2)[nH]1)c1ccccc1. The number of imidazole rings is 2. The molecule has 12 heteroatoms. The number of carbonyl (C=O) groups is 3. The zero-order valence-electron chi connectivity index (χ0n) is 34.1. The van der Waals surface area contributed by atoms with Crippen LogP contribution in [0.1, 0.15) is 95.1 Å². The molecule has 11 nitrogen and oxygen atoms in total. The summed E-state index contributed by atoms with van der Waals surface area (Å²) in [5, 5.41) is 0. The minimum atomic E-state index is -0.491. The molecule has 2 aliphatic rings. The van der Waals surface area contributed by atoms with Gasteiger partial charge in [0.15, 0.2) is 0 Å². The zero-order valence-corrected chi connectivity index (χ0v) is 34.1. The Kier molecular flexibility index (Phi) is 12.5.